The summed E-state index contributed by atoms with van der Waals surface area (Å²) in [6.07, 6.45) is 1.32. The molecular formula is C5H9NO. The topological polar surface area (TPSA) is 21.6 Å². The summed E-state index contributed by atoms with van der Waals surface area (Å²) in [6, 6.07) is 0. The Balaban J connectivity index is 2.42. The molecule has 2 nitrogen and oxygen atoms in total. The number of oxime groups is 1. The van der Waals surface area contributed by atoms with Crippen molar-refractivity contribution in [1.82, 2.24) is 0 Å². The highest BCUT2D eigenvalue weighted by Crippen LogP contribution is 2.07. The largest absolute Gasteiger partial charge is 0.392 e. The van der Waals surface area contributed by atoms with E-state index in [1.54, 1.807) is 0 Å². The third kappa shape index (κ3) is 0.918. The number of hydrogen-bond donors (Lipinski definition) is 0. The van der Waals surface area contributed by atoms with Crippen molar-refractivity contribution in [3.05, 3.63) is 0 Å². The lowest BCUT2D eigenvalue weighted by molar-refractivity contribution is 0.0995. The Morgan fingerprint density at radius 1 is 1.86 bits per heavy atom. The Bertz CT molecular complexity index is 98.3. The van der Waals surface area contributed by atoms with E-state index in [4.69, 9.17) is 4.84 Å². The maximum atomic E-state index is 4.85. The summed E-state index contributed by atoms with van der Waals surface area (Å²) in [6.45, 7) is 3.99. The van der Waals surface area contributed by atoms with Crippen LogP contribution in [-0.4, -0.2) is 11.8 Å². The summed E-state index contributed by atoms with van der Waals surface area (Å²) < 4.78 is 0. The summed E-state index contributed by atoms with van der Waals surface area (Å²) in [5.74, 6) is 0. The molecule has 1 aliphatic rings. The van der Waals surface area contributed by atoms with Gasteiger partial charge >= 0.3 is 0 Å². The van der Waals surface area contributed by atoms with Gasteiger partial charge in [-0.25, -0.2) is 0 Å². The van der Waals surface area contributed by atoms with E-state index in [-0.39, 0.29) is 0 Å². The van der Waals surface area contributed by atoms with Gasteiger partial charge in [-0.3, -0.25) is 0 Å². The van der Waals surface area contributed by atoms with Gasteiger partial charge in [0.25, 0.3) is 0 Å². The molecule has 0 radical (unpaired) electrons. The first-order chi connectivity index (χ1) is 3.29. The molecule has 2 heteroatoms. The van der Waals surface area contributed by atoms with Crippen molar-refractivity contribution in [1.29, 1.82) is 0 Å². The van der Waals surface area contributed by atoms with Gasteiger partial charge < -0.3 is 4.84 Å². The molecule has 1 rings (SSSR count). The quantitative estimate of drug-likeness (QED) is 0.446. The average Bonchev–Trinajstić information content (AvgIpc) is 1.87. The van der Waals surface area contributed by atoms with E-state index in [0.29, 0.717) is 6.10 Å². The molecule has 7 heavy (non-hydrogen) atoms. The molecule has 0 aromatic rings. The maximum Gasteiger partial charge on any atom is 0.130 e. The smallest absolute Gasteiger partial charge is 0.130 e. The lowest BCUT2D eigenvalue weighted by Gasteiger charge is -1.93. The SMILES string of the molecule is CC1=NO[C@@H](C)C1. The lowest BCUT2D eigenvalue weighted by Crippen LogP contribution is -1.97. The maximum absolute atomic E-state index is 4.85. The summed E-state index contributed by atoms with van der Waals surface area (Å²) in [4.78, 5) is 4.85. The van der Waals surface area contributed by atoms with Gasteiger partial charge in [-0.15, -0.1) is 0 Å². The van der Waals surface area contributed by atoms with Crippen LogP contribution in [0.3, 0.4) is 0 Å². The average molecular weight is 99.1 g/mol. The van der Waals surface area contributed by atoms with Gasteiger partial charge in [0.15, 0.2) is 0 Å². The molecule has 0 saturated carbocycles. The molecule has 0 spiro atoms. The number of nitrogens with zero attached hydrogens (tertiary/aromatic N) is 1. The predicted molar refractivity (Wildman–Crippen MR) is 28.3 cm³/mol. The zero-order chi connectivity index (χ0) is 5.28. The second-order valence-corrected chi connectivity index (χ2v) is 1.95. The Morgan fingerprint density at radius 3 is 2.71 bits per heavy atom. The first kappa shape index (κ1) is 4.62. The molecule has 0 bridgehead atoms. The van der Waals surface area contributed by atoms with Crippen LogP contribution >= 0.6 is 0 Å². The van der Waals surface area contributed by atoms with Gasteiger partial charge in [-0.1, -0.05) is 5.16 Å². The molecule has 1 atom stereocenters. The van der Waals surface area contributed by atoms with Crippen molar-refractivity contribution in [2.24, 2.45) is 5.16 Å². The molecule has 1 heterocycles. The molecule has 40 valence electrons. The van der Waals surface area contributed by atoms with Crippen molar-refractivity contribution >= 4 is 5.71 Å². The molecule has 0 N–H and O–H groups in total. The van der Waals surface area contributed by atoms with Crippen LogP contribution in [-0.2, 0) is 4.84 Å². The fourth-order valence-corrected chi connectivity index (χ4v) is 0.670. The van der Waals surface area contributed by atoms with Crippen LogP contribution in [0.5, 0.6) is 0 Å². The van der Waals surface area contributed by atoms with Crippen LogP contribution in [0.4, 0.5) is 0 Å². The van der Waals surface area contributed by atoms with Gasteiger partial charge in [-0.05, 0) is 13.8 Å². The van der Waals surface area contributed by atoms with Gasteiger partial charge in [0.1, 0.15) is 6.10 Å². The van der Waals surface area contributed by atoms with Crippen LogP contribution < -0.4 is 0 Å². The molecular weight excluding hydrogens is 90.1 g/mol. The standard InChI is InChI=1S/C5H9NO/c1-4-3-5(2)7-6-4/h5H,3H2,1-2H3/t5-/m0/s1. The molecule has 0 unspecified atom stereocenters. The van der Waals surface area contributed by atoms with Crippen LogP contribution in [0.1, 0.15) is 20.3 Å². The second kappa shape index (κ2) is 1.52. The summed E-state index contributed by atoms with van der Waals surface area (Å²) in [5.41, 5.74) is 1.10. The zero-order valence-corrected chi connectivity index (χ0v) is 4.64. The van der Waals surface area contributed by atoms with Crippen LogP contribution in [0.25, 0.3) is 0 Å². The van der Waals surface area contributed by atoms with E-state index in [2.05, 4.69) is 5.16 Å². The number of rotatable bonds is 0. The Morgan fingerprint density at radius 2 is 2.57 bits per heavy atom. The van der Waals surface area contributed by atoms with E-state index in [9.17, 15) is 0 Å². The first-order valence-electron chi connectivity index (χ1n) is 2.48. The normalized spacial score (nSPS) is 29.4. The van der Waals surface area contributed by atoms with Crippen molar-refractivity contribution in [2.75, 3.05) is 0 Å². The van der Waals surface area contributed by atoms with Gasteiger partial charge in [0.2, 0.25) is 0 Å². The minimum Gasteiger partial charge on any atom is -0.392 e. The monoisotopic (exact) mass is 99.1 g/mol. The molecule has 0 fully saturated rings. The highest BCUT2D eigenvalue weighted by atomic mass is 16.6. The fraction of sp³-hybridized carbons (Fsp3) is 0.800. The molecule has 0 saturated heterocycles. The molecule has 0 aromatic heterocycles. The van der Waals surface area contributed by atoms with Gasteiger partial charge in [0, 0.05) is 6.42 Å². The molecule has 0 aromatic carbocycles. The van der Waals surface area contributed by atoms with E-state index >= 15 is 0 Å². The highest BCUT2D eigenvalue weighted by Gasteiger charge is 2.10. The number of hydrogen-bond acceptors (Lipinski definition) is 2. The van der Waals surface area contributed by atoms with E-state index in [0.717, 1.165) is 12.1 Å². The van der Waals surface area contributed by atoms with Gasteiger partial charge in [-0.2, -0.15) is 0 Å². The fourth-order valence-electron chi connectivity index (χ4n) is 0.670. The summed E-state index contributed by atoms with van der Waals surface area (Å²) >= 11 is 0. The third-order valence-corrected chi connectivity index (χ3v) is 0.971. The molecule has 0 aliphatic carbocycles. The Kier molecular flexibility index (Phi) is 1.01. The van der Waals surface area contributed by atoms with Crippen LogP contribution in [0, 0.1) is 0 Å². The third-order valence-electron chi connectivity index (χ3n) is 0.971. The van der Waals surface area contributed by atoms with E-state index in [1.807, 2.05) is 13.8 Å². The molecule has 0 amide bonds. The summed E-state index contributed by atoms with van der Waals surface area (Å²) in [5, 5.41) is 3.73. The van der Waals surface area contributed by atoms with Crippen LogP contribution in [0.2, 0.25) is 0 Å². The van der Waals surface area contributed by atoms with Crippen molar-refractivity contribution in [2.45, 2.75) is 26.4 Å². The zero-order valence-electron chi connectivity index (χ0n) is 4.64. The van der Waals surface area contributed by atoms with E-state index < -0.39 is 0 Å². The lowest BCUT2D eigenvalue weighted by atomic mass is 10.2. The molecule has 1 aliphatic heterocycles. The Labute approximate surface area is 43.2 Å². The first-order valence-corrected chi connectivity index (χ1v) is 2.48. The van der Waals surface area contributed by atoms with Crippen LogP contribution in [0.15, 0.2) is 5.16 Å². The predicted octanol–water partition coefficient (Wildman–Crippen LogP) is 1.17. The van der Waals surface area contributed by atoms with Crippen molar-refractivity contribution in [3.8, 4) is 0 Å². The van der Waals surface area contributed by atoms with Gasteiger partial charge in [0.05, 0.1) is 5.71 Å². The highest BCUT2D eigenvalue weighted by molar-refractivity contribution is 5.82. The van der Waals surface area contributed by atoms with Crippen molar-refractivity contribution < 1.29 is 4.84 Å². The minimum absolute atomic E-state index is 0.319. The van der Waals surface area contributed by atoms with Crippen molar-refractivity contribution in [3.63, 3.8) is 0 Å². The second-order valence-electron chi connectivity index (χ2n) is 1.95. The summed E-state index contributed by atoms with van der Waals surface area (Å²) in [7, 11) is 0. The van der Waals surface area contributed by atoms with E-state index in [1.165, 1.54) is 0 Å². The minimum atomic E-state index is 0.319. The Hall–Kier alpha value is -0.530.